The number of methoxy groups -OCH3 is 1. The van der Waals surface area contributed by atoms with Gasteiger partial charge in [-0.1, -0.05) is 17.7 Å². The molecule has 2 amide bonds. The van der Waals surface area contributed by atoms with E-state index in [2.05, 4.69) is 10.6 Å². The summed E-state index contributed by atoms with van der Waals surface area (Å²) in [6, 6.07) is 8.22. The highest BCUT2D eigenvalue weighted by Gasteiger charge is 2.19. The third-order valence-electron chi connectivity index (χ3n) is 4.12. The number of ketones is 1. The number of hydrogen-bond acceptors (Lipinski definition) is 7. The van der Waals surface area contributed by atoms with E-state index in [1.165, 1.54) is 31.4 Å². The van der Waals surface area contributed by atoms with Crippen molar-refractivity contribution in [2.45, 2.75) is 32.3 Å². The van der Waals surface area contributed by atoms with Crippen molar-refractivity contribution in [2.75, 3.05) is 19.0 Å². The van der Waals surface area contributed by atoms with Gasteiger partial charge in [-0.15, -0.1) is 11.3 Å². The van der Waals surface area contributed by atoms with Gasteiger partial charge in [-0.25, -0.2) is 0 Å². The molecule has 2 aromatic rings. The SMILES string of the molecule is COc1ccc(Cl)cc1NC(=O)[C@@H](C)OC(=O)CCNC(=O)CCC(=O)c1cccs1. The Morgan fingerprint density at radius 2 is 1.90 bits per heavy atom. The van der Waals surface area contributed by atoms with Crippen LogP contribution in [0.2, 0.25) is 5.02 Å². The molecule has 0 bridgehead atoms. The number of amides is 2. The van der Waals surface area contributed by atoms with Crippen LogP contribution in [0.5, 0.6) is 5.75 Å². The molecule has 0 aliphatic rings. The second-order valence-electron chi connectivity index (χ2n) is 6.47. The molecular weight excluding hydrogens is 444 g/mol. The maximum Gasteiger partial charge on any atom is 0.308 e. The first-order valence-corrected chi connectivity index (χ1v) is 10.7. The van der Waals surface area contributed by atoms with Gasteiger partial charge in [0.2, 0.25) is 5.91 Å². The highest BCUT2D eigenvalue weighted by Crippen LogP contribution is 2.27. The van der Waals surface area contributed by atoms with Crippen LogP contribution in [-0.4, -0.2) is 43.3 Å². The van der Waals surface area contributed by atoms with E-state index in [9.17, 15) is 19.2 Å². The van der Waals surface area contributed by atoms with Crippen molar-refractivity contribution in [3.63, 3.8) is 0 Å². The van der Waals surface area contributed by atoms with Gasteiger partial charge in [-0.3, -0.25) is 19.2 Å². The van der Waals surface area contributed by atoms with E-state index in [-0.39, 0.29) is 37.5 Å². The molecule has 8 nitrogen and oxygen atoms in total. The van der Waals surface area contributed by atoms with E-state index in [1.807, 2.05) is 0 Å². The molecule has 2 N–H and O–H groups in total. The third kappa shape index (κ3) is 8.03. The van der Waals surface area contributed by atoms with Crippen molar-refractivity contribution in [3.8, 4) is 5.75 Å². The van der Waals surface area contributed by atoms with Crippen LogP contribution in [-0.2, 0) is 19.1 Å². The number of hydrogen-bond donors (Lipinski definition) is 2. The highest BCUT2D eigenvalue weighted by atomic mass is 35.5. The topological polar surface area (TPSA) is 111 Å². The first kappa shape index (κ1) is 24.4. The zero-order valence-electron chi connectivity index (χ0n) is 17.1. The number of carbonyl (C=O) groups excluding carboxylic acids is 4. The number of halogens is 1. The van der Waals surface area contributed by atoms with Crippen LogP contribution in [0.25, 0.3) is 0 Å². The van der Waals surface area contributed by atoms with Crippen LogP contribution < -0.4 is 15.4 Å². The van der Waals surface area contributed by atoms with E-state index in [0.29, 0.717) is 21.3 Å². The van der Waals surface area contributed by atoms with Gasteiger partial charge in [-0.2, -0.15) is 0 Å². The zero-order valence-corrected chi connectivity index (χ0v) is 18.7. The summed E-state index contributed by atoms with van der Waals surface area (Å²) in [6.45, 7) is 1.47. The lowest BCUT2D eigenvalue weighted by molar-refractivity contribution is -0.153. The van der Waals surface area contributed by atoms with Crippen molar-refractivity contribution in [3.05, 3.63) is 45.6 Å². The summed E-state index contributed by atoms with van der Waals surface area (Å²) in [6.07, 6.45) is -1.04. The molecule has 0 aliphatic heterocycles. The van der Waals surface area contributed by atoms with Crippen LogP contribution in [0.3, 0.4) is 0 Å². The number of esters is 1. The van der Waals surface area contributed by atoms with Gasteiger partial charge in [0.05, 0.1) is 24.1 Å². The molecule has 0 fully saturated rings. The number of rotatable bonds is 11. The summed E-state index contributed by atoms with van der Waals surface area (Å²) in [5, 5.41) is 7.36. The molecule has 2 rings (SSSR count). The average molecular weight is 467 g/mol. The van der Waals surface area contributed by atoms with Gasteiger partial charge in [-0.05, 0) is 36.6 Å². The number of ether oxygens (including phenoxy) is 2. The summed E-state index contributed by atoms with van der Waals surface area (Å²) < 4.78 is 10.2. The summed E-state index contributed by atoms with van der Waals surface area (Å²) in [4.78, 5) is 48.5. The molecule has 0 unspecified atom stereocenters. The van der Waals surface area contributed by atoms with Crippen LogP contribution in [0, 0.1) is 0 Å². The van der Waals surface area contributed by atoms with Crippen LogP contribution in [0.4, 0.5) is 5.69 Å². The molecule has 0 spiro atoms. The average Bonchev–Trinajstić information content (AvgIpc) is 3.27. The second-order valence-corrected chi connectivity index (χ2v) is 7.85. The fourth-order valence-electron chi connectivity index (χ4n) is 2.50. The van der Waals surface area contributed by atoms with E-state index in [1.54, 1.807) is 29.6 Å². The molecule has 10 heteroatoms. The number of carbonyl (C=O) groups is 4. The number of benzene rings is 1. The fraction of sp³-hybridized carbons (Fsp3) is 0.333. The number of nitrogens with one attached hydrogen (secondary N) is 2. The van der Waals surface area contributed by atoms with E-state index < -0.39 is 18.0 Å². The lowest BCUT2D eigenvalue weighted by atomic mass is 10.2. The van der Waals surface area contributed by atoms with Crippen molar-refractivity contribution in [1.82, 2.24) is 5.32 Å². The Morgan fingerprint density at radius 1 is 1.13 bits per heavy atom. The van der Waals surface area contributed by atoms with E-state index in [4.69, 9.17) is 21.1 Å². The van der Waals surface area contributed by atoms with Crippen molar-refractivity contribution in [1.29, 1.82) is 0 Å². The van der Waals surface area contributed by atoms with Gasteiger partial charge >= 0.3 is 5.97 Å². The predicted octanol–water partition coefficient (Wildman–Crippen LogP) is 3.45. The van der Waals surface area contributed by atoms with Crippen molar-refractivity contribution >= 4 is 52.2 Å². The Kier molecular flexibility index (Phi) is 9.48. The van der Waals surface area contributed by atoms with Crippen molar-refractivity contribution in [2.24, 2.45) is 0 Å². The lowest BCUT2D eigenvalue weighted by Gasteiger charge is -2.15. The van der Waals surface area contributed by atoms with Crippen LogP contribution in [0.1, 0.15) is 35.9 Å². The monoisotopic (exact) mass is 466 g/mol. The zero-order chi connectivity index (χ0) is 22.8. The number of Topliss-reactive ketones (excluding diaryl/α,β-unsaturated/α-hetero) is 1. The molecule has 0 radical (unpaired) electrons. The molecule has 1 atom stereocenters. The molecule has 0 saturated carbocycles. The van der Waals surface area contributed by atoms with Gasteiger partial charge in [0.15, 0.2) is 11.9 Å². The van der Waals surface area contributed by atoms with Gasteiger partial charge in [0.1, 0.15) is 5.75 Å². The summed E-state index contributed by atoms with van der Waals surface area (Å²) >= 11 is 7.25. The molecule has 1 aromatic heterocycles. The smallest absolute Gasteiger partial charge is 0.308 e. The largest absolute Gasteiger partial charge is 0.495 e. The molecule has 1 heterocycles. The lowest BCUT2D eigenvalue weighted by Crippen LogP contribution is -2.32. The van der Waals surface area contributed by atoms with Gasteiger partial charge in [0.25, 0.3) is 5.91 Å². The Labute approximate surface area is 188 Å². The minimum absolute atomic E-state index is 0.0338. The summed E-state index contributed by atoms with van der Waals surface area (Å²) in [5.74, 6) is -1.21. The number of anilines is 1. The highest BCUT2D eigenvalue weighted by molar-refractivity contribution is 7.12. The Morgan fingerprint density at radius 3 is 2.58 bits per heavy atom. The molecule has 31 heavy (non-hydrogen) atoms. The Balaban J connectivity index is 1.69. The van der Waals surface area contributed by atoms with Crippen LogP contribution in [0.15, 0.2) is 35.7 Å². The second kappa shape index (κ2) is 12.1. The van der Waals surface area contributed by atoms with E-state index in [0.717, 1.165) is 0 Å². The standard InChI is InChI=1S/C21H23ClN2O6S/c1-13(21(28)24-15-12-14(22)5-7-17(15)29-2)30-20(27)9-10-23-19(26)8-6-16(25)18-4-3-11-31-18/h3-5,7,11-13H,6,8-10H2,1-2H3,(H,23,26)(H,24,28)/t13-/m1/s1. The maximum absolute atomic E-state index is 12.3. The minimum atomic E-state index is -1.06. The molecule has 1 aromatic carbocycles. The van der Waals surface area contributed by atoms with Crippen molar-refractivity contribution < 1.29 is 28.7 Å². The first-order chi connectivity index (χ1) is 14.8. The molecule has 166 valence electrons. The fourth-order valence-corrected chi connectivity index (χ4v) is 3.37. The first-order valence-electron chi connectivity index (χ1n) is 9.47. The third-order valence-corrected chi connectivity index (χ3v) is 5.27. The summed E-state index contributed by atoms with van der Waals surface area (Å²) in [5.41, 5.74) is 0.354. The quantitative estimate of drug-likeness (QED) is 0.387. The maximum atomic E-state index is 12.3. The molecule has 0 aliphatic carbocycles. The van der Waals surface area contributed by atoms with Crippen LogP contribution >= 0.6 is 22.9 Å². The molecule has 0 saturated heterocycles. The summed E-state index contributed by atoms with van der Waals surface area (Å²) in [7, 11) is 1.45. The molecular formula is C21H23ClN2O6S. The Hall–Kier alpha value is -2.91. The number of thiophene rings is 1. The Bertz CT molecular complexity index is 932. The van der Waals surface area contributed by atoms with E-state index >= 15 is 0 Å². The van der Waals surface area contributed by atoms with Gasteiger partial charge in [0, 0.05) is 24.4 Å². The van der Waals surface area contributed by atoms with Gasteiger partial charge < -0.3 is 20.1 Å². The predicted molar refractivity (Wildman–Crippen MR) is 118 cm³/mol. The normalized spacial score (nSPS) is 11.3. The minimum Gasteiger partial charge on any atom is -0.495 e.